The smallest absolute Gasteiger partial charge is 0.244 e. The van der Waals surface area contributed by atoms with Gasteiger partial charge < -0.3 is 5.32 Å². The van der Waals surface area contributed by atoms with Crippen molar-refractivity contribution in [1.29, 1.82) is 0 Å². The first kappa shape index (κ1) is 21.3. The molecule has 1 N–H and O–H groups in total. The Hall–Kier alpha value is -2.92. The molecule has 0 unspecified atom stereocenters. The molecule has 4 aromatic rings. The summed E-state index contributed by atoms with van der Waals surface area (Å²) < 4.78 is 0. The third kappa shape index (κ3) is 5.61. The summed E-state index contributed by atoms with van der Waals surface area (Å²) in [5.41, 5.74) is 4.83. The van der Waals surface area contributed by atoms with Crippen molar-refractivity contribution in [2.75, 3.05) is 0 Å². The summed E-state index contributed by atoms with van der Waals surface area (Å²) in [6.07, 6.45) is 3.14. The van der Waals surface area contributed by atoms with E-state index >= 15 is 0 Å². The Morgan fingerprint density at radius 2 is 1.77 bits per heavy atom. The molecule has 6 heteroatoms. The van der Waals surface area contributed by atoms with E-state index in [9.17, 15) is 4.79 Å². The van der Waals surface area contributed by atoms with E-state index in [0.29, 0.717) is 16.6 Å². The van der Waals surface area contributed by atoms with Gasteiger partial charge in [-0.1, -0.05) is 77.8 Å². The zero-order chi connectivity index (χ0) is 21.6. The van der Waals surface area contributed by atoms with Crippen LogP contribution in [0.3, 0.4) is 0 Å². The number of aromatic nitrogens is 1. The van der Waals surface area contributed by atoms with Crippen LogP contribution in [-0.4, -0.2) is 10.9 Å². The van der Waals surface area contributed by atoms with Crippen LogP contribution in [-0.2, 0) is 11.3 Å². The standard InChI is InChI=1S/C25H18Cl2N2OS/c26-21-11-9-18(22(27)14-21)10-12-24(30)28-15-17-5-4-8-20(13-17)25-29-23(16-31-25)19-6-2-1-3-7-19/h1-14,16H,15H2,(H,28,30)/b12-10+. The van der Waals surface area contributed by atoms with Crippen LogP contribution in [0.4, 0.5) is 0 Å². The summed E-state index contributed by atoms with van der Waals surface area (Å²) in [5.74, 6) is -0.197. The lowest BCUT2D eigenvalue weighted by Crippen LogP contribution is -2.20. The monoisotopic (exact) mass is 464 g/mol. The predicted octanol–water partition coefficient (Wildman–Crippen LogP) is 7.11. The van der Waals surface area contributed by atoms with Crippen molar-refractivity contribution in [3.63, 3.8) is 0 Å². The second kappa shape index (κ2) is 9.92. The van der Waals surface area contributed by atoms with Crippen molar-refractivity contribution in [1.82, 2.24) is 10.3 Å². The van der Waals surface area contributed by atoms with Crippen LogP contribution >= 0.6 is 34.5 Å². The Kier molecular flexibility index (Phi) is 6.82. The first-order valence-corrected chi connectivity index (χ1v) is 11.2. The molecule has 0 aliphatic heterocycles. The quantitative estimate of drug-likeness (QED) is 0.308. The average molecular weight is 465 g/mol. The van der Waals surface area contributed by atoms with Crippen molar-refractivity contribution in [3.8, 4) is 21.8 Å². The topological polar surface area (TPSA) is 42.0 Å². The van der Waals surface area contributed by atoms with Gasteiger partial charge in [-0.3, -0.25) is 4.79 Å². The van der Waals surface area contributed by atoms with Crippen LogP contribution in [0, 0.1) is 0 Å². The highest BCUT2D eigenvalue weighted by Gasteiger charge is 2.07. The molecule has 0 spiro atoms. The molecule has 0 atom stereocenters. The van der Waals surface area contributed by atoms with E-state index in [1.54, 1.807) is 35.6 Å². The minimum Gasteiger partial charge on any atom is -0.348 e. The predicted molar refractivity (Wildman–Crippen MR) is 130 cm³/mol. The zero-order valence-electron chi connectivity index (χ0n) is 16.4. The number of carbonyl (C=O) groups is 1. The molecule has 0 bridgehead atoms. The summed E-state index contributed by atoms with van der Waals surface area (Å²) in [7, 11) is 0. The molecule has 31 heavy (non-hydrogen) atoms. The van der Waals surface area contributed by atoms with Crippen molar-refractivity contribution < 1.29 is 4.79 Å². The van der Waals surface area contributed by atoms with Gasteiger partial charge in [0.05, 0.1) is 5.69 Å². The Morgan fingerprint density at radius 1 is 0.968 bits per heavy atom. The van der Waals surface area contributed by atoms with Crippen LogP contribution in [0.5, 0.6) is 0 Å². The molecule has 0 saturated heterocycles. The fourth-order valence-corrected chi connectivity index (χ4v) is 4.31. The normalized spacial score (nSPS) is 11.0. The number of nitrogens with zero attached hydrogens (tertiary/aromatic N) is 1. The molecule has 3 aromatic carbocycles. The number of benzene rings is 3. The lowest BCUT2D eigenvalue weighted by molar-refractivity contribution is -0.116. The maximum atomic E-state index is 12.2. The van der Waals surface area contributed by atoms with Gasteiger partial charge in [-0.15, -0.1) is 11.3 Å². The molecular weight excluding hydrogens is 447 g/mol. The Balaban J connectivity index is 1.40. The number of rotatable bonds is 6. The van der Waals surface area contributed by atoms with E-state index in [1.807, 2.05) is 42.5 Å². The number of amides is 1. The number of hydrogen-bond acceptors (Lipinski definition) is 3. The largest absolute Gasteiger partial charge is 0.348 e. The maximum Gasteiger partial charge on any atom is 0.244 e. The lowest BCUT2D eigenvalue weighted by Gasteiger charge is -2.05. The summed E-state index contributed by atoms with van der Waals surface area (Å²) in [4.78, 5) is 17.0. The Labute approximate surface area is 195 Å². The van der Waals surface area contributed by atoms with Crippen LogP contribution in [0.15, 0.2) is 84.3 Å². The second-order valence-electron chi connectivity index (χ2n) is 6.82. The van der Waals surface area contributed by atoms with Crippen LogP contribution in [0.25, 0.3) is 27.9 Å². The molecule has 1 heterocycles. The molecule has 0 radical (unpaired) electrons. The van der Waals surface area contributed by atoms with Crippen LogP contribution < -0.4 is 5.32 Å². The highest BCUT2D eigenvalue weighted by molar-refractivity contribution is 7.13. The van der Waals surface area contributed by atoms with Gasteiger partial charge >= 0.3 is 0 Å². The van der Waals surface area contributed by atoms with Gasteiger partial charge in [0.1, 0.15) is 5.01 Å². The van der Waals surface area contributed by atoms with Gasteiger partial charge in [0.15, 0.2) is 0 Å². The van der Waals surface area contributed by atoms with Gasteiger partial charge in [0, 0.05) is 39.2 Å². The van der Waals surface area contributed by atoms with Gasteiger partial charge in [-0.2, -0.15) is 0 Å². The number of carbonyl (C=O) groups excluding carboxylic acids is 1. The fourth-order valence-electron chi connectivity index (χ4n) is 3.01. The molecule has 1 aromatic heterocycles. The first-order chi connectivity index (χ1) is 15.1. The summed E-state index contributed by atoms with van der Waals surface area (Å²) >= 11 is 13.6. The third-order valence-electron chi connectivity index (χ3n) is 4.59. The molecule has 1 amide bonds. The second-order valence-corrected chi connectivity index (χ2v) is 8.52. The summed E-state index contributed by atoms with van der Waals surface area (Å²) in [5, 5.41) is 6.97. The molecule has 154 valence electrons. The minimum atomic E-state index is -0.197. The van der Waals surface area contributed by atoms with Crippen molar-refractivity contribution in [2.45, 2.75) is 6.54 Å². The summed E-state index contributed by atoms with van der Waals surface area (Å²) in [6.45, 7) is 0.419. The highest BCUT2D eigenvalue weighted by atomic mass is 35.5. The molecule has 3 nitrogen and oxygen atoms in total. The number of nitrogens with one attached hydrogen (secondary N) is 1. The average Bonchev–Trinajstić information content (AvgIpc) is 3.28. The van der Waals surface area contributed by atoms with E-state index in [2.05, 4.69) is 22.8 Å². The van der Waals surface area contributed by atoms with Crippen molar-refractivity contribution >= 4 is 46.5 Å². The maximum absolute atomic E-state index is 12.2. The van der Waals surface area contributed by atoms with E-state index in [0.717, 1.165) is 33.0 Å². The van der Waals surface area contributed by atoms with Gasteiger partial charge in [0.2, 0.25) is 5.91 Å². The third-order valence-corrected chi connectivity index (χ3v) is 6.04. The zero-order valence-corrected chi connectivity index (χ0v) is 18.7. The van der Waals surface area contributed by atoms with E-state index < -0.39 is 0 Å². The van der Waals surface area contributed by atoms with Crippen LogP contribution in [0.1, 0.15) is 11.1 Å². The van der Waals surface area contributed by atoms with Gasteiger partial charge in [-0.25, -0.2) is 4.98 Å². The molecule has 0 aliphatic carbocycles. The number of halogens is 2. The number of thiazole rings is 1. The molecule has 0 saturated carbocycles. The number of hydrogen-bond donors (Lipinski definition) is 1. The van der Waals surface area contributed by atoms with Crippen molar-refractivity contribution in [2.24, 2.45) is 0 Å². The Bertz CT molecular complexity index is 1240. The molecule has 4 rings (SSSR count). The van der Waals surface area contributed by atoms with Gasteiger partial charge in [0.25, 0.3) is 0 Å². The summed E-state index contributed by atoms with van der Waals surface area (Å²) in [6, 6.07) is 23.3. The van der Waals surface area contributed by atoms with E-state index in [4.69, 9.17) is 28.2 Å². The highest BCUT2D eigenvalue weighted by Crippen LogP contribution is 2.29. The molecule has 0 fully saturated rings. The van der Waals surface area contributed by atoms with Crippen LogP contribution in [0.2, 0.25) is 10.0 Å². The van der Waals surface area contributed by atoms with E-state index in [1.165, 1.54) is 6.08 Å². The Morgan fingerprint density at radius 3 is 2.58 bits per heavy atom. The molecular formula is C25H18Cl2N2OS. The SMILES string of the molecule is O=C(/C=C/c1ccc(Cl)cc1Cl)NCc1cccc(-c2nc(-c3ccccc3)cs2)c1. The van der Waals surface area contributed by atoms with E-state index in [-0.39, 0.29) is 5.91 Å². The fraction of sp³-hybridized carbons (Fsp3) is 0.0400. The van der Waals surface area contributed by atoms with Crippen molar-refractivity contribution in [3.05, 3.63) is 105 Å². The van der Waals surface area contributed by atoms with Gasteiger partial charge in [-0.05, 0) is 35.4 Å². The minimum absolute atomic E-state index is 0.197. The molecule has 0 aliphatic rings. The first-order valence-electron chi connectivity index (χ1n) is 9.60. The lowest BCUT2D eigenvalue weighted by atomic mass is 10.1.